The van der Waals surface area contributed by atoms with E-state index >= 15 is 0 Å². The third-order valence-electron chi connectivity index (χ3n) is 3.47. The highest BCUT2D eigenvalue weighted by Gasteiger charge is 2.36. The van der Waals surface area contributed by atoms with E-state index in [1.54, 1.807) is 0 Å². The number of nitrogens with one attached hydrogen (secondary N) is 1. The molecule has 8 heteroatoms. The lowest BCUT2D eigenvalue weighted by atomic mass is 10.2. The van der Waals surface area contributed by atoms with Crippen LogP contribution in [0.25, 0.3) is 0 Å². The molecule has 1 saturated heterocycles. The highest BCUT2D eigenvalue weighted by atomic mass is 35.5. The van der Waals surface area contributed by atoms with Crippen molar-refractivity contribution in [2.75, 3.05) is 19.8 Å². The standard InChI is InChI=1S/C13H15ClN4O3/c14-11-4-3-9(16-17-11)13(20)18-5-6-21-7-10(18)12(19)15-8-1-2-8/h3-4,8,10H,1-2,5-7H2,(H,15,19). The maximum atomic E-state index is 12.5. The summed E-state index contributed by atoms with van der Waals surface area (Å²) in [6.07, 6.45) is 1.99. The van der Waals surface area contributed by atoms with Gasteiger partial charge in [0.2, 0.25) is 5.91 Å². The van der Waals surface area contributed by atoms with Crippen LogP contribution in [-0.4, -0.2) is 58.8 Å². The number of halogens is 1. The average molecular weight is 311 g/mol. The number of ether oxygens (including phenoxy) is 1. The van der Waals surface area contributed by atoms with E-state index in [2.05, 4.69) is 15.5 Å². The molecule has 2 aliphatic rings. The molecule has 7 nitrogen and oxygen atoms in total. The molecule has 21 heavy (non-hydrogen) atoms. The van der Waals surface area contributed by atoms with Crippen LogP contribution in [0.5, 0.6) is 0 Å². The van der Waals surface area contributed by atoms with Gasteiger partial charge in [0.25, 0.3) is 5.91 Å². The van der Waals surface area contributed by atoms with Crippen molar-refractivity contribution in [3.8, 4) is 0 Å². The van der Waals surface area contributed by atoms with Crippen LogP contribution in [0, 0.1) is 0 Å². The van der Waals surface area contributed by atoms with Crippen molar-refractivity contribution in [2.45, 2.75) is 24.9 Å². The summed E-state index contributed by atoms with van der Waals surface area (Å²) < 4.78 is 5.33. The summed E-state index contributed by atoms with van der Waals surface area (Å²) in [7, 11) is 0. The van der Waals surface area contributed by atoms with E-state index in [4.69, 9.17) is 16.3 Å². The number of hydrogen-bond acceptors (Lipinski definition) is 5. The zero-order valence-corrected chi connectivity index (χ0v) is 12.0. The normalized spacial score (nSPS) is 22.0. The summed E-state index contributed by atoms with van der Waals surface area (Å²) >= 11 is 5.66. The van der Waals surface area contributed by atoms with Crippen LogP contribution < -0.4 is 5.32 Å². The number of nitrogens with zero attached hydrogens (tertiary/aromatic N) is 3. The largest absolute Gasteiger partial charge is 0.377 e. The summed E-state index contributed by atoms with van der Waals surface area (Å²) in [6.45, 7) is 0.956. The van der Waals surface area contributed by atoms with Crippen molar-refractivity contribution >= 4 is 23.4 Å². The topological polar surface area (TPSA) is 84.4 Å². The molecule has 1 aliphatic carbocycles. The third-order valence-corrected chi connectivity index (χ3v) is 3.67. The molecule has 0 bridgehead atoms. The molecule has 0 spiro atoms. The van der Waals surface area contributed by atoms with Crippen LogP contribution in [-0.2, 0) is 9.53 Å². The van der Waals surface area contributed by atoms with Crippen molar-refractivity contribution < 1.29 is 14.3 Å². The lowest BCUT2D eigenvalue weighted by Crippen LogP contribution is -2.56. The minimum absolute atomic E-state index is 0.172. The third kappa shape index (κ3) is 3.30. The Morgan fingerprint density at radius 1 is 1.33 bits per heavy atom. The molecule has 2 amide bonds. The molecule has 3 rings (SSSR count). The van der Waals surface area contributed by atoms with Gasteiger partial charge in [0.1, 0.15) is 6.04 Å². The second kappa shape index (κ2) is 5.95. The zero-order chi connectivity index (χ0) is 14.8. The number of aromatic nitrogens is 2. The lowest BCUT2D eigenvalue weighted by Gasteiger charge is -2.34. The van der Waals surface area contributed by atoms with E-state index in [0.717, 1.165) is 12.8 Å². The first-order valence-corrected chi connectivity index (χ1v) is 7.21. The Kier molecular flexibility index (Phi) is 4.03. The molecule has 112 valence electrons. The van der Waals surface area contributed by atoms with Crippen LogP contribution in [0.3, 0.4) is 0 Å². The average Bonchev–Trinajstić information content (AvgIpc) is 3.31. The molecule has 1 aromatic heterocycles. The number of carbonyl (C=O) groups is 2. The fourth-order valence-electron chi connectivity index (χ4n) is 2.17. The number of hydrogen-bond donors (Lipinski definition) is 1. The first-order valence-electron chi connectivity index (χ1n) is 6.83. The number of amides is 2. The molecule has 2 heterocycles. The Morgan fingerprint density at radius 3 is 2.81 bits per heavy atom. The zero-order valence-electron chi connectivity index (χ0n) is 11.3. The van der Waals surface area contributed by atoms with E-state index in [9.17, 15) is 9.59 Å². The fourth-order valence-corrected chi connectivity index (χ4v) is 2.27. The first kappa shape index (κ1) is 14.2. The Bertz CT molecular complexity index is 547. The van der Waals surface area contributed by atoms with E-state index in [1.165, 1.54) is 17.0 Å². The smallest absolute Gasteiger partial charge is 0.275 e. The molecule has 1 unspecified atom stereocenters. The van der Waals surface area contributed by atoms with Gasteiger partial charge in [0, 0.05) is 12.6 Å². The summed E-state index contributed by atoms with van der Waals surface area (Å²) in [6, 6.07) is 2.63. The van der Waals surface area contributed by atoms with E-state index in [0.29, 0.717) is 13.2 Å². The van der Waals surface area contributed by atoms with Crippen LogP contribution in [0.15, 0.2) is 12.1 Å². The highest BCUT2D eigenvalue weighted by Crippen LogP contribution is 2.20. The van der Waals surface area contributed by atoms with Crippen molar-refractivity contribution in [3.05, 3.63) is 23.0 Å². The van der Waals surface area contributed by atoms with Crippen LogP contribution in [0.1, 0.15) is 23.3 Å². The maximum absolute atomic E-state index is 12.5. The van der Waals surface area contributed by atoms with Gasteiger partial charge in [-0.1, -0.05) is 11.6 Å². The summed E-state index contributed by atoms with van der Waals surface area (Å²) in [5.74, 6) is -0.508. The van der Waals surface area contributed by atoms with Crippen molar-refractivity contribution in [3.63, 3.8) is 0 Å². The molecule has 1 aromatic rings. The number of carbonyl (C=O) groups excluding carboxylic acids is 2. The summed E-state index contributed by atoms with van der Waals surface area (Å²) in [5.41, 5.74) is 0.172. The molecule has 2 fully saturated rings. The second-order valence-electron chi connectivity index (χ2n) is 5.11. The van der Waals surface area contributed by atoms with E-state index in [-0.39, 0.29) is 35.3 Å². The SMILES string of the molecule is O=C(NC1CC1)C1COCCN1C(=O)c1ccc(Cl)nn1. The van der Waals surface area contributed by atoms with Crippen molar-refractivity contribution in [1.29, 1.82) is 0 Å². The van der Waals surface area contributed by atoms with Gasteiger partial charge in [-0.2, -0.15) is 0 Å². The van der Waals surface area contributed by atoms with Crippen LogP contribution in [0.4, 0.5) is 0 Å². The number of rotatable bonds is 3. The predicted molar refractivity (Wildman–Crippen MR) is 73.9 cm³/mol. The lowest BCUT2D eigenvalue weighted by molar-refractivity contribution is -0.130. The quantitative estimate of drug-likeness (QED) is 0.865. The van der Waals surface area contributed by atoms with Gasteiger partial charge in [-0.25, -0.2) is 0 Å². The predicted octanol–water partition coefficient (Wildman–Crippen LogP) is 0.250. The van der Waals surface area contributed by atoms with Crippen LogP contribution in [0.2, 0.25) is 5.15 Å². The highest BCUT2D eigenvalue weighted by molar-refractivity contribution is 6.29. The van der Waals surface area contributed by atoms with Gasteiger partial charge in [0.15, 0.2) is 10.8 Å². The molecule has 0 aromatic carbocycles. The van der Waals surface area contributed by atoms with Gasteiger partial charge in [-0.05, 0) is 25.0 Å². The summed E-state index contributed by atoms with van der Waals surface area (Å²) in [5, 5.41) is 10.6. The van der Waals surface area contributed by atoms with Gasteiger partial charge in [-0.3, -0.25) is 9.59 Å². The molecular weight excluding hydrogens is 296 g/mol. The van der Waals surface area contributed by atoms with Gasteiger partial charge in [0.05, 0.1) is 13.2 Å². The van der Waals surface area contributed by atoms with Gasteiger partial charge in [-0.15, -0.1) is 10.2 Å². The minimum Gasteiger partial charge on any atom is -0.377 e. The summed E-state index contributed by atoms with van der Waals surface area (Å²) in [4.78, 5) is 26.2. The Balaban J connectivity index is 1.74. The van der Waals surface area contributed by atoms with Gasteiger partial charge < -0.3 is 15.0 Å². The number of morpholine rings is 1. The first-order chi connectivity index (χ1) is 10.1. The minimum atomic E-state index is -0.621. The fraction of sp³-hybridized carbons (Fsp3) is 0.538. The molecule has 1 aliphatic heterocycles. The monoisotopic (exact) mass is 310 g/mol. The molecule has 1 atom stereocenters. The Labute approximate surface area is 126 Å². The molecule has 0 radical (unpaired) electrons. The van der Waals surface area contributed by atoms with E-state index < -0.39 is 6.04 Å². The second-order valence-corrected chi connectivity index (χ2v) is 5.50. The van der Waals surface area contributed by atoms with Gasteiger partial charge >= 0.3 is 0 Å². The maximum Gasteiger partial charge on any atom is 0.275 e. The van der Waals surface area contributed by atoms with Crippen molar-refractivity contribution in [2.24, 2.45) is 0 Å². The van der Waals surface area contributed by atoms with E-state index in [1.807, 2.05) is 0 Å². The molecule has 1 saturated carbocycles. The van der Waals surface area contributed by atoms with Crippen molar-refractivity contribution in [1.82, 2.24) is 20.4 Å². The molecule has 1 N–H and O–H groups in total. The Hall–Kier alpha value is -1.73. The Morgan fingerprint density at radius 2 is 2.14 bits per heavy atom. The molecular formula is C13H15ClN4O3. The van der Waals surface area contributed by atoms with Crippen LogP contribution >= 0.6 is 11.6 Å².